The van der Waals surface area contributed by atoms with E-state index in [0.717, 1.165) is 34.8 Å². The zero-order chi connectivity index (χ0) is 17.1. The molecule has 1 amide bonds. The molecular weight excluding hydrogens is 338 g/mol. The number of halogens is 1. The highest BCUT2D eigenvalue weighted by molar-refractivity contribution is 6.31. The lowest BCUT2D eigenvalue weighted by molar-refractivity contribution is 0.0287. The smallest absolute Gasteiger partial charge is 0.254 e. The van der Waals surface area contributed by atoms with Gasteiger partial charge in [-0.1, -0.05) is 11.6 Å². The fourth-order valence-corrected chi connectivity index (χ4v) is 4.68. The molecule has 4 nitrogen and oxygen atoms in total. The number of aliphatic hydroxyl groups excluding tert-OH is 1. The zero-order valence-electron chi connectivity index (χ0n) is 13.6. The van der Waals surface area contributed by atoms with Crippen LogP contribution in [-0.4, -0.2) is 34.1 Å². The lowest BCUT2D eigenvalue weighted by atomic mass is 9.98. The van der Waals surface area contributed by atoms with Crippen molar-refractivity contribution in [2.45, 2.75) is 43.9 Å². The van der Waals surface area contributed by atoms with Crippen LogP contribution in [0.4, 0.5) is 0 Å². The molecule has 2 unspecified atom stereocenters. The molecule has 3 heterocycles. The molecule has 0 saturated carbocycles. The van der Waals surface area contributed by atoms with Gasteiger partial charge >= 0.3 is 0 Å². The van der Waals surface area contributed by atoms with Crippen molar-refractivity contribution < 1.29 is 14.3 Å². The largest absolute Gasteiger partial charge is 0.456 e. The fourth-order valence-electron chi connectivity index (χ4n) is 4.51. The molecule has 0 aliphatic carbocycles. The van der Waals surface area contributed by atoms with E-state index in [1.807, 2.05) is 35.2 Å². The van der Waals surface area contributed by atoms with Crippen LogP contribution in [0.3, 0.4) is 0 Å². The number of carbonyl (C=O) groups is 1. The molecule has 5 rings (SSSR count). The van der Waals surface area contributed by atoms with Gasteiger partial charge < -0.3 is 14.4 Å². The molecule has 2 atom stereocenters. The molecule has 0 spiro atoms. The van der Waals surface area contributed by atoms with E-state index in [-0.39, 0.29) is 24.1 Å². The lowest BCUT2D eigenvalue weighted by Crippen LogP contribution is -2.47. The number of nitrogens with zero attached hydrogens (tertiary/aromatic N) is 1. The van der Waals surface area contributed by atoms with Crippen molar-refractivity contribution in [1.82, 2.24) is 4.90 Å². The first-order chi connectivity index (χ1) is 12.1. The Morgan fingerprint density at radius 3 is 2.40 bits per heavy atom. The van der Waals surface area contributed by atoms with Crippen LogP contribution in [0.5, 0.6) is 0 Å². The molecular formula is C20H18ClNO3. The third-order valence-corrected chi connectivity index (χ3v) is 5.86. The number of hydrogen-bond donors (Lipinski definition) is 1. The summed E-state index contributed by atoms with van der Waals surface area (Å²) in [6.07, 6.45) is 3.08. The summed E-state index contributed by atoms with van der Waals surface area (Å²) in [5.41, 5.74) is 2.19. The van der Waals surface area contributed by atoms with Crippen molar-refractivity contribution in [3.05, 3.63) is 47.0 Å². The van der Waals surface area contributed by atoms with Crippen molar-refractivity contribution in [3.8, 4) is 0 Å². The third kappa shape index (κ3) is 2.35. The van der Waals surface area contributed by atoms with Gasteiger partial charge in [0.1, 0.15) is 11.2 Å². The topological polar surface area (TPSA) is 53.7 Å². The monoisotopic (exact) mass is 355 g/mol. The van der Waals surface area contributed by atoms with Crippen LogP contribution < -0.4 is 0 Å². The molecule has 5 heteroatoms. The normalized spacial score (nSPS) is 25.8. The van der Waals surface area contributed by atoms with Gasteiger partial charge in [0.15, 0.2) is 0 Å². The molecule has 2 fully saturated rings. The summed E-state index contributed by atoms with van der Waals surface area (Å²) >= 11 is 6.12. The van der Waals surface area contributed by atoms with Crippen LogP contribution in [0.25, 0.3) is 21.9 Å². The van der Waals surface area contributed by atoms with Crippen molar-refractivity contribution in [2.24, 2.45) is 0 Å². The highest BCUT2D eigenvalue weighted by Gasteiger charge is 2.42. The number of furan rings is 1. The molecule has 1 aromatic heterocycles. The number of hydrogen-bond acceptors (Lipinski definition) is 3. The second kappa shape index (κ2) is 5.48. The first-order valence-corrected chi connectivity index (χ1v) is 9.10. The van der Waals surface area contributed by atoms with Gasteiger partial charge in [-0.25, -0.2) is 0 Å². The van der Waals surface area contributed by atoms with E-state index in [9.17, 15) is 9.90 Å². The van der Waals surface area contributed by atoms with Gasteiger partial charge in [0, 0.05) is 33.4 Å². The number of rotatable bonds is 1. The second-order valence-electron chi connectivity index (χ2n) is 7.18. The Balaban J connectivity index is 1.57. The SMILES string of the molecule is O=C(c1ccc2oc3ccc(Cl)cc3c2c1)N1C2CCC1CC(O)C2. The summed E-state index contributed by atoms with van der Waals surface area (Å²) in [7, 11) is 0. The van der Waals surface area contributed by atoms with E-state index in [4.69, 9.17) is 16.0 Å². The molecule has 1 N–H and O–H groups in total. The Hall–Kier alpha value is -2.04. The Kier molecular flexibility index (Phi) is 3.34. The molecule has 2 saturated heterocycles. The number of fused-ring (bicyclic) bond motifs is 5. The molecule has 2 bridgehead atoms. The molecule has 2 aromatic carbocycles. The quantitative estimate of drug-likeness (QED) is 0.705. The number of aliphatic hydroxyl groups is 1. The van der Waals surface area contributed by atoms with Crippen LogP contribution >= 0.6 is 11.6 Å². The van der Waals surface area contributed by atoms with E-state index < -0.39 is 0 Å². The van der Waals surface area contributed by atoms with Gasteiger partial charge in [-0.2, -0.15) is 0 Å². The molecule has 3 aromatic rings. The van der Waals surface area contributed by atoms with Gasteiger partial charge in [-0.3, -0.25) is 4.79 Å². The number of piperidine rings is 1. The van der Waals surface area contributed by atoms with Gasteiger partial charge in [0.25, 0.3) is 5.91 Å². The average Bonchev–Trinajstić information content (AvgIpc) is 3.09. The van der Waals surface area contributed by atoms with Crippen LogP contribution in [0.2, 0.25) is 5.02 Å². The maximum atomic E-state index is 13.1. The van der Waals surface area contributed by atoms with E-state index in [1.165, 1.54) is 0 Å². The fraction of sp³-hybridized carbons (Fsp3) is 0.350. The van der Waals surface area contributed by atoms with Gasteiger partial charge in [-0.05, 0) is 62.1 Å². The second-order valence-corrected chi connectivity index (χ2v) is 7.61. The number of amides is 1. The summed E-state index contributed by atoms with van der Waals surface area (Å²) in [5, 5.41) is 12.4. The maximum absolute atomic E-state index is 13.1. The maximum Gasteiger partial charge on any atom is 0.254 e. The average molecular weight is 356 g/mol. The Morgan fingerprint density at radius 1 is 1.04 bits per heavy atom. The predicted octanol–water partition coefficient (Wildman–Crippen LogP) is 4.37. The van der Waals surface area contributed by atoms with E-state index in [2.05, 4.69) is 0 Å². The number of carbonyl (C=O) groups excluding carboxylic acids is 1. The molecule has 2 aliphatic rings. The molecule has 0 radical (unpaired) electrons. The van der Waals surface area contributed by atoms with E-state index in [0.29, 0.717) is 23.4 Å². The zero-order valence-corrected chi connectivity index (χ0v) is 14.4. The minimum absolute atomic E-state index is 0.0534. The van der Waals surface area contributed by atoms with E-state index >= 15 is 0 Å². The van der Waals surface area contributed by atoms with Crippen molar-refractivity contribution in [3.63, 3.8) is 0 Å². The van der Waals surface area contributed by atoms with Crippen LogP contribution in [-0.2, 0) is 0 Å². The lowest BCUT2D eigenvalue weighted by Gasteiger charge is -2.37. The van der Waals surface area contributed by atoms with Crippen LogP contribution in [0.15, 0.2) is 40.8 Å². The van der Waals surface area contributed by atoms with Gasteiger partial charge in [0.2, 0.25) is 0 Å². The minimum Gasteiger partial charge on any atom is -0.456 e. The van der Waals surface area contributed by atoms with Crippen LogP contribution in [0, 0.1) is 0 Å². The molecule has 2 aliphatic heterocycles. The summed E-state index contributed by atoms with van der Waals surface area (Å²) in [4.78, 5) is 15.1. The van der Waals surface area contributed by atoms with Gasteiger partial charge in [0.05, 0.1) is 6.10 Å². The van der Waals surface area contributed by atoms with Crippen molar-refractivity contribution >= 4 is 39.4 Å². The first kappa shape index (κ1) is 15.2. The summed E-state index contributed by atoms with van der Waals surface area (Å²) in [6.45, 7) is 0. The first-order valence-electron chi connectivity index (χ1n) is 8.73. The Bertz CT molecular complexity index is 981. The Labute approximate surface area is 150 Å². The highest BCUT2D eigenvalue weighted by Crippen LogP contribution is 2.38. The third-order valence-electron chi connectivity index (χ3n) is 5.62. The highest BCUT2D eigenvalue weighted by atomic mass is 35.5. The molecule has 25 heavy (non-hydrogen) atoms. The standard InChI is InChI=1S/C20H18ClNO3/c21-12-2-6-19-17(8-12)16-7-11(1-5-18(16)25-19)20(24)22-13-3-4-14(22)10-15(23)9-13/h1-2,5-8,13-15,23H,3-4,9-10H2. The number of benzene rings is 2. The predicted molar refractivity (Wildman–Crippen MR) is 97.0 cm³/mol. The Morgan fingerprint density at radius 2 is 1.68 bits per heavy atom. The van der Waals surface area contributed by atoms with Crippen molar-refractivity contribution in [1.29, 1.82) is 0 Å². The molecule has 128 valence electrons. The van der Waals surface area contributed by atoms with Crippen molar-refractivity contribution in [2.75, 3.05) is 0 Å². The summed E-state index contributed by atoms with van der Waals surface area (Å²) < 4.78 is 5.84. The summed E-state index contributed by atoms with van der Waals surface area (Å²) in [6, 6.07) is 11.4. The van der Waals surface area contributed by atoms with Gasteiger partial charge in [-0.15, -0.1) is 0 Å². The minimum atomic E-state index is -0.274. The summed E-state index contributed by atoms with van der Waals surface area (Å²) in [5.74, 6) is 0.0534. The van der Waals surface area contributed by atoms with E-state index in [1.54, 1.807) is 6.07 Å². The van der Waals surface area contributed by atoms with Crippen LogP contribution in [0.1, 0.15) is 36.0 Å².